The number of aromatic nitrogens is 3. The molecule has 0 radical (unpaired) electrons. The molecular weight excluding hydrogens is 300 g/mol. The van der Waals surface area contributed by atoms with E-state index in [1.54, 1.807) is 12.4 Å². The molecular formula is C19H16N4O. The molecule has 5 heteroatoms. The van der Waals surface area contributed by atoms with Crippen molar-refractivity contribution in [2.75, 3.05) is 11.4 Å². The Morgan fingerprint density at radius 1 is 1.29 bits per heavy atom. The first-order valence-corrected chi connectivity index (χ1v) is 8.04. The van der Waals surface area contributed by atoms with Crippen LogP contribution < -0.4 is 4.90 Å². The van der Waals surface area contributed by atoms with Crippen LogP contribution in [0.3, 0.4) is 0 Å². The van der Waals surface area contributed by atoms with Crippen LogP contribution in [0.4, 0.5) is 5.69 Å². The Bertz CT molecular complexity index is 1110. The van der Waals surface area contributed by atoms with Crippen molar-refractivity contribution in [1.82, 2.24) is 14.5 Å². The first kappa shape index (κ1) is 13.4. The van der Waals surface area contributed by atoms with Crippen LogP contribution in [0, 0.1) is 0 Å². The maximum atomic E-state index is 13.1. The molecule has 1 aliphatic rings. The van der Waals surface area contributed by atoms with Gasteiger partial charge in [-0.2, -0.15) is 0 Å². The molecule has 1 N–H and O–H groups in total. The summed E-state index contributed by atoms with van der Waals surface area (Å²) in [5.74, 6) is 0.0308. The van der Waals surface area contributed by atoms with E-state index in [1.165, 1.54) is 11.1 Å². The van der Waals surface area contributed by atoms with Crippen LogP contribution in [0.2, 0.25) is 0 Å². The minimum atomic E-state index is 0.0308. The van der Waals surface area contributed by atoms with E-state index < -0.39 is 0 Å². The fourth-order valence-corrected chi connectivity index (χ4v) is 3.64. The molecule has 3 aromatic heterocycles. The van der Waals surface area contributed by atoms with E-state index in [-0.39, 0.29) is 5.91 Å². The average molecular weight is 316 g/mol. The molecule has 0 atom stereocenters. The molecule has 4 aromatic rings. The van der Waals surface area contributed by atoms with E-state index in [9.17, 15) is 4.79 Å². The van der Waals surface area contributed by atoms with Crippen molar-refractivity contribution in [3.8, 4) is 0 Å². The van der Waals surface area contributed by atoms with E-state index in [0.29, 0.717) is 5.56 Å². The van der Waals surface area contributed by atoms with Crippen molar-refractivity contribution >= 4 is 33.5 Å². The second-order valence-corrected chi connectivity index (χ2v) is 6.28. The zero-order chi connectivity index (χ0) is 16.3. The maximum Gasteiger partial charge on any atom is 0.260 e. The molecule has 1 amide bonds. The number of benzene rings is 1. The highest BCUT2D eigenvalue weighted by atomic mass is 16.2. The number of amides is 1. The third kappa shape index (κ3) is 1.75. The number of pyridine rings is 1. The molecule has 0 bridgehead atoms. The van der Waals surface area contributed by atoms with Gasteiger partial charge in [-0.05, 0) is 42.3 Å². The second-order valence-electron chi connectivity index (χ2n) is 6.28. The van der Waals surface area contributed by atoms with Crippen molar-refractivity contribution < 1.29 is 4.79 Å². The number of hydrogen-bond donors (Lipinski definition) is 1. The number of H-pyrrole nitrogens is 1. The lowest BCUT2D eigenvalue weighted by atomic mass is 10.1. The molecule has 0 unspecified atom stereocenters. The monoisotopic (exact) mass is 316 g/mol. The van der Waals surface area contributed by atoms with Crippen molar-refractivity contribution in [3.63, 3.8) is 0 Å². The molecule has 0 saturated carbocycles. The molecule has 0 fully saturated rings. The normalized spacial score (nSPS) is 13.8. The summed E-state index contributed by atoms with van der Waals surface area (Å²) in [6.07, 6.45) is 6.43. The predicted molar refractivity (Wildman–Crippen MR) is 94.4 cm³/mol. The highest BCUT2D eigenvalue weighted by molar-refractivity contribution is 6.14. The Kier molecular flexibility index (Phi) is 2.62. The van der Waals surface area contributed by atoms with Crippen LogP contribution in [0.1, 0.15) is 15.9 Å². The lowest BCUT2D eigenvalue weighted by molar-refractivity contribution is 0.0991. The number of carbonyl (C=O) groups excluding carboxylic acids is 1. The molecule has 24 heavy (non-hydrogen) atoms. The Hall–Kier alpha value is -3.08. The number of aryl methyl sites for hydroxylation is 1. The Labute approximate surface area is 138 Å². The summed E-state index contributed by atoms with van der Waals surface area (Å²) >= 11 is 0. The Balaban J connectivity index is 1.62. The molecule has 5 rings (SSSR count). The number of nitrogens with one attached hydrogen (secondary N) is 1. The summed E-state index contributed by atoms with van der Waals surface area (Å²) in [6, 6.07) is 10.2. The maximum absolute atomic E-state index is 13.1. The summed E-state index contributed by atoms with van der Waals surface area (Å²) in [5, 5.41) is 2.04. The molecule has 0 spiro atoms. The number of carbonyl (C=O) groups is 1. The summed E-state index contributed by atoms with van der Waals surface area (Å²) < 4.78 is 2.12. The van der Waals surface area contributed by atoms with E-state index in [2.05, 4.69) is 38.9 Å². The van der Waals surface area contributed by atoms with Gasteiger partial charge in [0.25, 0.3) is 5.91 Å². The highest BCUT2D eigenvalue weighted by Crippen LogP contribution is 2.34. The minimum absolute atomic E-state index is 0.0308. The molecule has 0 aliphatic carbocycles. The summed E-state index contributed by atoms with van der Waals surface area (Å²) in [6.45, 7) is 0.720. The smallest absolute Gasteiger partial charge is 0.260 e. The molecule has 118 valence electrons. The molecule has 1 aliphatic heterocycles. The lowest BCUT2D eigenvalue weighted by Crippen LogP contribution is -2.28. The number of aromatic amines is 1. The van der Waals surface area contributed by atoms with Crippen LogP contribution in [-0.4, -0.2) is 27.0 Å². The van der Waals surface area contributed by atoms with E-state index >= 15 is 0 Å². The summed E-state index contributed by atoms with van der Waals surface area (Å²) in [4.78, 5) is 22.3. The zero-order valence-corrected chi connectivity index (χ0v) is 13.3. The number of fused-ring (bicyclic) bond motifs is 3. The predicted octanol–water partition coefficient (Wildman–Crippen LogP) is 3.26. The summed E-state index contributed by atoms with van der Waals surface area (Å²) in [7, 11) is 2.05. The molecule has 4 heterocycles. The van der Waals surface area contributed by atoms with Gasteiger partial charge in [0, 0.05) is 54.2 Å². The Morgan fingerprint density at radius 2 is 2.21 bits per heavy atom. The van der Waals surface area contributed by atoms with E-state index in [4.69, 9.17) is 0 Å². The van der Waals surface area contributed by atoms with E-state index in [1.807, 2.05) is 24.1 Å². The zero-order valence-electron chi connectivity index (χ0n) is 13.3. The van der Waals surface area contributed by atoms with Crippen molar-refractivity contribution in [2.45, 2.75) is 6.42 Å². The number of rotatable bonds is 1. The molecule has 5 nitrogen and oxygen atoms in total. The minimum Gasteiger partial charge on any atom is -0.351 e. The van der Waals surface area contributed by atoms with Gasteiger partial charge in [-0.1, -0.05) is 0 Å². The topological polar surface area (TPSA) is 53.9 Å². The van der Waals surface area contributed by atoms with Crippen molar-refractivity contribution in [2.24, 2.45) is 7.05 Å². The molecule has 1 aromatic carbocycles. The average Bonchev–Trinajstić information content (AvgIpc) is 3.30. The Morgan fingerprint density at radius 3 is 3.12 bits per heavy atom. The van der Waals surface area contributed by atoms with Gasteiger partial charge in [-0.15, -0.1) is 0 Å². The third-order valence-corrected chi connectivity index (χ3v) is 4.91. The van der Waals surface area contributed by atoms with Gasteiger partial charge in [-0.3, -0.25) is 4.79 Å². The fraction of sp³-hybridized carbons (Fsp3) is 0.158. The molecule has 0 saturated heterocycles. The van der Waals surface area contributed by atoms with Gasteiger partial charge in [0.2, 0.25) is 0 Å². The first-order chi connectivity index (χ1) is 11.7. The van der Waals surface area contributed by atoms with Gasteiger partial charge in [0.05, 0.1) is 5.56 Å². The quantitative estimate of drug-likeness (QED) is 0.586. The van der Waals surface area contributed by atoms with Crippen LogP contribution in [-0.2, 0) is 13.5 Å². The van der Waals surface area contributed by atoms with E-state index in [0.717, 1.165) is 35.1 Å². The summed E-state index contributed by atoms with van der Waals surface area (Å²) in [5.41, 5.74) is 4.89. The van der Waals surface area contributed by atoms with Crippen molar-refractivity contribution in [3.05, 3.63) is 60.0 Å². The van der Waals surface area contributed by atoms with Gasteiger partial charge >= 0.3 is 0 Å². The SMILES string of the molecule is Cn1ccc2cc3c(cc21)CCN3C(=O)c1c[nH]c2ncccc12. The fourth-order valence-electron chi connectivity index (χ4n) is 3.64. The first-order valence-electron chi connectivity index (χ1n) is 8.04. The third-order valence-electron chi connectivity index (χ3n) is 4.91. The number of hydrogen-bond acceptors (Lipinski definition) is 2. The van der Waals surface area contributed by atoms with Crippen LogP contribution in [0.15, 0.2) is 48.9 Å². The largest absolute Gasteiger partial charge is 0.351 e. The number of anilines is 1. The lowest BCUT2D eigenvalue weighted by Gasteiger charge is -2.17. The van der Waals surface area contributed by atoms with Gasteiger partial charge in [0.1, 0.15) is 5.65 Å². The standard InChI is InChI=1S/C19H16N4O/c1-22-7-4-12-10-17-13(9-16(12)22)5-8-23(17)19(24)15-11-21-18-14(15)3-2-6-20-18/h2-4,6-7,9-11H,5,8H2,1H3,(H,20,21). The van der Waals surface area contributed by atoms with Gasteiger partial charge in [0.15, 0.2) is 0 Å². The van der Waals surface area contributed by atoms with Crippen molar-refractivity contribution in [1.29, 1.82) is 0 Å². The van der Waals surface area contributed by atoms with Crippen LogP contribution in [0.25, 0.3) is 21.9 Å². The number of nitrogens with zero attached hydrogens (tertiary/aromatic N) is 3. The van der Waals surface area contributed by atoms with Crippen LogP contribution in [0.5, 0.6) is 0 Å². The second kappa shape index (κ2) is 4.71. The van der Waals surface area contributed by atoms with Crippen LogP contribution >= 0.6 is 0 Å². The highest BCUT2D eigenvalue weighted by Gasteiger charge is 2.28. The van der Waals surface area contributed by atoms with Gasteiger partial charge < -0.3 is 14.5 Å². The van der Waals surface area contributed by atoms with Gasteiger partial charge in [-0.25, -0.2) is 4.98 Å².